The number of sulfone groups is 1. The van der Waals surface area contributed by atoms with Crippen molar-refractivity contribution < 1.29 is 17.6 Å². The summed E-state index contributed by atoms with van der Waals surface area (Å²) in [5.74, 6) is -1.22. The second-order valence-electron chi connectivity index (χ2n) is 5.26. The number of carbonyl (C=O) groups is 1. The van der Waals surface area contributed by atoms with Gasteiger partial charge in [-0.2, -0.15) is 0 Å². The Morgan fingerprint density at radius 2 is 1.88 bits per heavy atom. The van der Waals surface area contributed by atoms with Crippen molar-refractivity contribution in [3.05, 3.63) is 54.6 Å². The first-order valence-corrected chi connectivity index (χ1v) is 10.4. The van der Waals surface area contributed by atoms with Gasteiger partial charge in [-0.3, -0.25) is 10.1 Å². The number of carbonyl (C=O) groups excluding carboxylic acids is 1. The summed E-state index contributed by atoms with van der Waals surface area (Å²) in [6, 6.07) is 15.1. The summed E-state index contributed by atoms with van der Waals surface area (Å²) in [6.45, 7) is 0. The normalized spacial score (nSPS) is 11.3. The zero-order chi connectivity index (χ0) is 18.6. The van der Waals surface area contributed by atoms with Crippen LogP contribution in [0.3, 0.4) is 0 Å². The number of benzene rings is 2. The molecule has 0 fully saturated rings. The van der Waals surface area contributed by atoms with E-state index in [-0.39, 0.29) is 16.8 Å². The summed E-state index contributed by atoms with van der Waals surface area (Å²) in [6.07, 6.45) is 1.95. The van der Waals surface area contributed by atoms with Gasteiger partial charge >= 0.3 is 6.01 Å². The lowest BCUT2D eigenvalue weighted by Gasteiger charge is -2.03. The van der Waals surface area contributed by atoms with Crippen LogP contribution in [0, 0.1) is 0 Å². The van der Waals surface area contributed by atoms with Crippen LogP contribution in [0.4, 0.5) is 6.01 Å². The summed E-state index contributed by atoms with van der Waals surface area (Å²) in [5.41, 5.74) is 0.710. The monoisotopic (exact) mass is 389 g/mol. The fraction of sp³-hybridized carbons (Fsp3) is 0.118. The molecule has 0 spiro atoms. The van der Waals surface area contributed by atoms with Crippen LogP contribution in [-0.2, 0) is 14.6 Å². The first kappa shape index (κ1) is 18.2. The van der Waals surface area contributed by atoms with Crippen LogP contribution in [0.1, 0.15) is 0 Å². The van der Waals surface area contributed by atoms with Crippen LogP contribution >= 0.6 is 11.8 Å². The molecule has 0 radical (unpaired) electrons. The molecule has 134 valence electrons. The van der Waals surface area contributed by atoms with Crippen molar-refractivity contribution in [2.24, 2.45) is 0 Å². The molecule has 26 heavy (non-hydrogen) atoms. The molecule has 0 bridgehead atoms. The summed E-state index contributed by atoms with van der Waals surface area (Å²) in [5, 5.41) is 9.94. The number of anilines is 1. The number of aromatic nitrogens is 2. The lowest BCUT2D eigenvalue weighted by Crippen LogP contribution is -2.23. The van der Waals surface area contributed by atoms with Gasteiger partial charge in [0.15, 0.2) is 9.84 Å². The molecule has 1 aromatic heterocycles. The summed E-state index contributed by atoms with van der Waals surface area (Å²) >= 11 is 1.57. The molecular formula is C17H15N3O4S2. The lowest BCUT2D eigenvalue weighted by molar-refractivity contribution is -0.114. The average Bonchev–Trinajstić information content (AvgIpc) is 3.10. The Morgan fingerprint density at radius 1 is 1.12 bits per heavy atom. The quantitative estimate of drug-likeness (QED) is 0.647. The number of thioether (sulfide) groups is 1. The molecule has 9 heteroatoms. The van der Waals surface area contributed by atoms with Gasteiger partial charge in [0.2, 0.25) is 11.8 Å². The van der Waals surface area contributed by atoms with Gasteiger partial charge in [-0.05, 0) is 36.6 Å². The highest BCUT2D eigenvalue weighted by Gasteiger charge is 2.20. The zero-order valence-corrected chi connectivity index (χ0v) is 15.4. The molecule has 1 amide bonds. The maximum atomic E-state index is 12.2. The third-order valence-corrected chi connectivity index (χ3v) is 5.77. The van der Waals surface area contributed by atoms with E-state index in [9.17, 15) is 13.2 Å². The van der Waals surface area contributed by atoms with E-state index in [0.717, 1.165) is 4.90 Å². The van der Waals surface area contributed by atoms with Gasteiger partial charge in [-0.15, -0.1) is 16.9 Å². The van der Waals surface area contributed by atoms with E-state index >= 15 is 0 Å². The molecule has 1 heterocycles. The third kappa shape index (κ3) is 4.30. The number of rotatable bonds is 6. The molecule has 0 atom stereocenters. The predicted molar refractivity (Wildman–Crippen MR) is 98.6 cm³/mol. The third-order valence-electron chi connectivity index (χ3n) is 3.41. The van der Waals surface area contributed by atoms with E-state index in [1.165, 1.54) is 12.1 Å². The molecule has 0 saturated heterocycles. The Bertz CT molecular complexity index is 1020. The van der Waals surface area contributed by atoms with Gasteiger partial charge in [0.05, 0.1) is 4.90 Å². The maximum Gasteiger partial charge on any atom is 0.322 e. The lowest BCUT2D eigenvalue weighted by atomic mass is 10.2. The molecule has 3 aromatic rings. The first-order valence-electron chi connectivity index (χ1n) is 7.53. The van der Waals surface area contributed by atoms with Crippen molar-refractivity contribution in [3.8, 4) is 11.5 Å². The van der Waals surface area contributed by atoms with E-state index in [1.54, 1.807) is 36.0 Å². The van der Waals surface area contributed by atoms with Crippen molar-refractivity contribution >= 4 is 33.5 Å². The highest BCUT2D eigenvalue weighted by atomic mass is 32.2. The Labute approximate surface area is 154 Å². The van der Waals surface area contributed by atoms with E-state index in [0.29, 0.717) is 5.56 Å². The first-order chi connectivity index (χ1) is 12.5. The van der Waals surface area contributed by atoms with Crippen LogP contribution in [0.5, 0.6) is 0 Å². The number of hydrogen-bond acceptors (Lipinski definition) is 7. The second-order valence-corrected chi connectivity index (χ2v) is 8.13. The Hall–Kier alpha value is -2.65. The molecule has 1 N–H and O–H groups in total. The largest absolute Gasteiger partial charge is 0.403 e. The predicted octanol–water partition coefficient (Wildman–Crippen LogP) is 2.87. The zero-order valence-electron chi connectivity index (χ0n) is 13.7. The molecule has 0 saturated carbocycles. The Morgan fingerprint density at radius 3 is 2.62 bits per heavy atom. The standard InChI is InChI=1S/C17H15N3O4S2/c1-25-13-7-5-6-12(10-13)16-19-20-17(24-16)18-15(21)11-26(22,23)14-8-3-2-4-9-14/h2-10H,11H2,1H3,(H,18,20,21). The van der Waals surface area contributed by atoms with Gasteiger partial charge in [0.1, 0.15) is 5.75 Å². The Kier molecular flexibility index (Phi) is 5.38. The molecule has 0 unspecified atom stereocenters. The van der Waals surface area contributed by atoms with Crippen LogP contribution in [0.2, 0.25) is 0 Å². The van der Waals surface area contributed by atoms with Gasteiger partial charge in [0, 0.05) is 10.5 Å². The minimum Gasteiger partial charge on any atom is -0.403 e. The van der Waals surface area contributed by atoms with E-state index < -0.39 is 21.5 Å². The van der Waals surface area contributed by atoms with E-state index in [4.69, 9.17) is 4.42 Å². The highest BCUT2D eigenvalue weighted by Crippen LogP contribution is 2.24. The molecule has 0 aliphatic heterocycles. The number of nitrogens with one attached hydrogen (secondary N) is 1. The molecular weight excluding hydrogens is 374 g/mol. The number of nitrogens with zero attached hydrogens (tertiary/aromatic N) is 2. The fourth-order valence-corrected chi connectivity index (χ4v) is 3.80. The van der Waals surface area contributed by atoms with Crippen molar-refractivity contribution in [1.82, 2.24) is 10.2 Å². The van der Waals surface area contributed by atoms with Crippen LogP contribution in [-0.4, -0.2) is 36.5 Å². The number of hydrogen-bond donors (Lipinski definition) is 1. The number of amides is 1. The molecule has 3 rings (SSSR count). The second kappa shape index (κ2) is 7.71. The summed E-state index contributed by atoms with van der Waals surface area (Å²) in [7, 11) is -3.74. The molecule has 2 aromatic carbocycles. The molecule has 0 aliphatic rings. The van der Waals surface area contributed by atoms with Crippen LogP contribution in [0.15, 0.2) is 68.8 Å². The van der Waals surface area contributed by atoms with Gasteiger partial charge in [0.25, 0.3) is 0 Å². The van der Waals surface area contributed by atoms with Crippen molar-refractivity contribution in [2.75, 3.05) is 17.3 Å². The Balaban J connectivity index is 1.70. The van der Waals surface area contributed by atoms with Crippen LogP contribution in [0.25, 0.3) is 11.5 Å². The summed E-state index contributed by atoms with van der Waals surface area (Å²) in [4.78, 5) is 13.1. The smallest absolute Gasteiger partial charge is 0.322 e. The van der Waals surface area contributed by atoms with Crippen molar-refractivity contribution in [2.45, 2.75) is 9.79 Å². The minimum absolute atomic E-state index is 0.0789. The van der Waals surface area contributed by atoms with Crippen molar-refractivity contribution in [3.63, 3.8) is 0 Å². The van der Waals surface area contributed by atoms with Crippen molar-refractivity contribution in [1.29, 1.82) is 0 Å². The van der Waals surface area contributed by atoms with E-state index in [1.807, 2.05) is 24.5 Å². The highest BCUT2D eigenvalue weighted by molar-refractivity contribution is 7.98. The maximum absolute atomic E-state index is 12.2. The summed E-state index contributed by atoms with van der Waals surface area (Å²) < 4.78 is 29.8. The van der Waals surface area contributed by atoms with E-state index in [2.05, 4.69) is 15.5 Å². The van der Waals surface area contributed by atoms with Gasteiger partial charge in [-0.1, -0.05) is 29.4 Å². The topological polar surface area (TPSA) is 102 Å². The fourth-order valence-electron chi connectivity index (χ4n) is 2.19. The molecule has 0 aliphatic carbocycles. The SMILES string of the molecule is CSc1cccc(-c2nnc(NC(=O)CS(=O)(=O)c3ccccc3)o2)c1. The van der Waals surface area contributed by atoms with Gasteiger partial charge < -0.3 is 4.42 Å². The average molecular weight is 389 g/mol. The van der Waals surface area contributed by atoms with Crippen LogP contribution < -0.4 is 5.32 Å². The van der Waals surface area contributed by atoms with Gasteiger partial charge in [-0.25, -0.2) is 8.42 Å². The minimum atomic E-state index is -3.74. The molecule has 7 nitrogen and oxygen atoms in total.